The van der Waals surface area contributed by atoms with Crippen molar-refractivity contribution < 1.29 is 27.1 Å². The number of hydrogen-bond acceptors (Lipinski definition) is 5. The summed E-state index contributed by atoms with van der Waals surface area (Å²) in [6.45, 7) is 8.12. The molecule has 2 aliphatic rings. The molecule has 0 spiro atoms. The summed E-state index contributed by atoms with van der Waals surface area (Å²) in [5.74, 6) is -3.90. The molecule has 0 atom stereocenters. The van der Waals surface area contributed by atoms with E-state index >= 15 is 0 Å². The van der Waals surface area contributed by atoms with Gasteiger partial charge in [-0.2, -0.15) is 0 Å². The van der Waals surface area contributed by atoms with Gasteiger partial charge in [0.15, 0.2) is 0 Å². The Bertz CT molecular complexity index is 1600. The minimum absolute atomic E-state index is 0.0666. The number of carbonyl (C=O) groups excluding carboxylic acids is 1. The van der Waals surface area contributed by atoms with Gasteiger partial charge in [-0.3, -0.25) is 20.3 Å². The predicted octanol–water partition coefficient (Wildman–Crippen LogP) is 7.99. The van der Waals surface area contributed by atoms with E-state index in [0.717, 1.165) is 44.5 Å². The molecular weight excluding hydrogens is 671 g/mol. The van der Waals surface area contributed by atoms with Gasteiger partial charge in [-0.25, -0.2) is 27.0 Å². The van der Waals surface area contributed by atoms with E-state index < -0.39 is 33.7 Å². The highest BCUT2D eigenvalue weighted by Crippen LogP contribution is 2.31. The minimum Gasteiger partial charge on any atom is -0.462 e. The largest absolute Gasteiger partial charge is 0.462 e. The normalized spacial score (nSPS) is 14.4. The number of ether oxygens (including phenoxy) is 1. The van der Waals surface area contributed by atoms with Crippen molar-refractivity contribution in [3.63, 3.8) is 0 Å². The summed E-state index contributed by atoms with van der Waals surface area (Å²) < 4.78 is 61.8. The van der Waals surface area contributed by atoms with E-state index in [2.05, 4.69) is 10.9 Å². The van der Waals surface area contributed by atoms with Crippen molar-refractivity contribution in [2.45, 2.75) is 72.4 Å². The molecular formula is C32H37Cl3F4N4O3. The van der Waals surface area contributed by atoms with Crippen LogP contribution in [-0.4, -0.2) is 35.0 Å². The first-order chi connectivity index (χ1) is 21.9. The van der Waals surface area contributed by atoms with Gasteiger partial charge in [0, 0.05) is 49.4 Å². The standard InChI is InChI=1S/C15H15ClF2N2O.C12H10Cl2F2O2.C5H12N2/c1-9-7-10(12(18)8-11(9)17)13-14(16)19-5-3-2-4-6-20(19)15(13)21;1-3-18-12(17)10(11(13)14)7-4-6(2)8(15)5-9(7)16;1-2-4-6-7-5-3-1/h7-8H,2-6H2,1H3;4-5H,3H2,1-2H3;6-7H,1-5H2. The van der Waals surface area contributed by atoms with Crippen molar-refractivity contribution in [2.75, 3.05) is 19.7 Å². The Morgan fingerprint density at radius 1 is 0.804 bits per heavy atom. The highest BCUT2D eigenvalue weighted by Gasteiger charge is 2.24. The molecule has 1 fully saturated rings. The van der Waals surface area contributed by atoms with Crippen molar-refractivity contribution in [1.29, 1.82) is 0 Å². The van der Waals surface area contributed by atoms with Crippen LogP contribution in [-0.2, 0) is 22.6 Å². The molecule has 7 nitrogen and oxygen atoms in total. The SMILES string of the molecule is C1CCNNCC1.CCOC(=O)C(=C(Cl)Cl)c1cc(C)c(F)cc1F.Cc1cc(-c2c(Cl)n3n(c2=O)CCCCC3)c(F)cc1F. The third kappa shape index (κ3) is 9.60. The number of halogens is 7. The number of aryl methyl sites for hydroxylation is 2. The summed E-state index contributed by atoms with van der Waals surface area (Å²) in [5.41, 5.74) is 6.02. The summed E-state index contributed by atoms with van der Waals surface area (Å²) >= 11 is 17.4. The first kappa shape index (κ1) is 37.6. The molecule has 14 heteroatoms. The zero-order valence-corrected chi connectivity index (χ0v) is 28.1. The van der Waals surface area contributed by atoms with Crippen LogP contribution in [0.5, 0.6) is 0 Å². The number of nitrogens with one attached hydrogen (secondary N) is 2. The molecule has 2 aromatic carbocycles. The van der Waals surface area contributed by atoms with E-state index in [1.54, 1.807) is 16.3 Å². The lowest BCUT2D eigenvalue weighted by atomic mass is 10.0. The molecule has 0 amide bonds. The van der Waals surface area contributed by atoms with Gasteiger partial charge in [0.2, 0.25) is 0 Å². The van der Waals surface area contributed by atoms with Crippen molar-refractivity contribution in [1.82, 2.24) is 20.2 Å². The summed E-state index contributed by atoms with van der Waals surface area (Å²) in [6, 6.07) is 3.96. The van der Waals surface area contributed by atoms with Crippen molar-refractivity contribution in [2.24, 2.45) is 0 Å². The molecule has 5 rings (SSSR count). The molecule has 0 radical (unpaired) electrons. The lowest BCUT2D eigenvalue weighted by molar-refractivity contribution is -0.136. The van der Waals surface area contributed by atoms with Crippen LogP contribution in [0.25, 0.3) is 16.7 Å². The van der Waals surface area contributed by atoms with Gasteiger partial charge in [0.05, 0.1) is 17.7 Å². The Morgan fingerprint density at radius 3 is 1.93 bits per heavy atom. The monoisotopic (exact) mass is 706 g/mol. The topological polar surface area (TPSA) is 77.3 Å². The second kappa shape index (κ2) is 17.9. The Hall–Kier alpha value is -2.83. The number of nitrogens with zero attached hydrogens (tertiary/aromatic N) is 2. The van der Waals surface area contributed by atoms with Crippen LogP contribution in [0.2, 0.25) is 5.15 Å². The van der Waals surface area contributed by atoms with Crippen LogP contribution < -0.4 is 16.4 Å². The van der Waals surface area contributed by atoms with E-state index in [1.165, 1.54) is 39.2 Å². The number of benzene rings is 2. The molecule has 0 unspecified atom stereocenters. The van der Waals surface area contributed by atoms with Gasteiger partial charge < -0.3 is 4.74 Å². The van der Waals surface area contributed by atoms with Crippen molar-refractivity contribution in [3.8, 4) is 11.1 Å². The molecule has 3 heterocycles. The lowest BCUT2D eigenvalue weighted by Crippen LogP contribution is -2.30. The first-order valence-corrected chi connectivity index (χ1v) is 16.1. The number of hydrogen-bond donors (Lipinski definition) is 2. The fourth-order valence-corrected chi connectivity index (χ4v) is 5.62. The number of aromatic nitrogens is 2. The highest BCUT2D eigenvalue weighted by atomic mass is 35.5. The van der Waals surface area contributed by atoms with Gasteiger partial charge in [-0.05, 0) is 76.1 Å². The maximum Gasteiger partial charge on any atom is 0.341 e. The Labute approximate surface area is 280 Å². The Balaban J connectivity index is 0.000000209. The van der Waals surface area contributed by atoms with Crippen LogP contribution in [0.15, 0.2) is 33.6 Å². The molecule has 2 N–H and O–H groups in total. The summed E-state index contributed by atoms with van der Waals surface area (Å²) in [7, 11) is 0. The third-order valence-corrected chi connectivity index (χ3v) is 8.11. The number of hydrazine groups is 1. The molecule has 3 aromatic rings. The maximum absolute atomic E-state index is 14.1. The van der Waals surface area contributed by atoms with E-state index in [1.807, 2.05) is 0 Å². The quantitative estimate of drug-likeness (QED) is 0.163. The van der Waals surface area contributed by atoms with Gasteiger partial charge >= 0.3 is 5.97 Å². The van der Waals surface area contributed by atoms with Crippen molar-refractivity contribution in [3.05, 3.63) is 84.2 Å². The zero-order chi connectivity index (χ0) is 34.0. The number of fused-ring (bicyclic) bond motifs is 1. The van der Waals surface area contributed by atoms with Gasteiger partial charge in [0.25, 0.3) is 5.56 Å². The second-order valence-electron chi connectivity index (χ2n) is 10.7. The van der Waals surface area contributed by atoms with Gasteiger partial charge in [0.1, 0.15) is 32.9 Å². The van der Waals surface area contributed by atoms with Crippen LogP contribution >= 0.6 is 34.8 Å². The van der Waals surface area contributed by atoms with E-state index in [-0.39, 0.29) is 50.7 Å². The maximum atomic E-state index is 14.1. The van der Waals surface area contributed by atoms with E-state index in [0.29, 0.717) is 19.2 Å². The Morgan fingerprint density at radius 2 is 1.35 bits per heavy atom. The summed E-state index contributed by atoms with van der Waals surface area (Å²) in [6.07, 6.45) is 6.88. The fourth-order valence-electron chi connectivity index (χ4n) is 4.90. The molecule has 252 valence electrons. The van der Waals surface area contributed by atoms with Crippen molar-refractivity contribution >= 4 is 46.3 Å². The zero-order valence-electron chi connectivity index (χ0n) is 25.9. The molecule has 1 saturated heterocycles. The fraction of sp³-hybridized carbons (Fsp3) is 0.438. The molecule has 0 saturated carbocycles. The predicted molar refractivity (Wildman–Crippen MR) is 174 cm³/mol. The van der Waals surface area contributed by atoms with Gasteiger partial charge in [-0.1, -0.05) is 41.2 Å². The summed E-state index contributed by atoms with van der Waals surface area (Å²) in [4.78, 5) is 24.2. The molecule has 46 heavy (non-hydrogen) atoms. The molecule has 0 aliphatic carbocycles. The smallest absolute Gasteiger partial charge is 0.341 e. The van der Waals surface area contributed by atoms with Gasteiger partial charge in [-0.15, -0.1) is 0 Å². The Kier molecular flexibility index (Phi) is 14.7. The van der Waals surface area contributed by atoms with Crippen LogP contribution in [0.3, 0.4) is 0 Å². The van der Waals surface area contributed by atoms with E-state index in [4.69, 9.17) is 39.5 Å². The van der Waals surface area contributed by atoms with Crippen LogP contribution in [0, 0.1) is 37.1 Å². The van der Waals surface area contributed by atoms with Crippen LogP contribution in [0.1, 0.15) is 62.1 Å². The number of esters is 1. The summed E-state index contributed by atoms with van der Waals surface area (Å²) in [5, 5.41) is 0.229. The lowest BCUT2D eigenvalue weighted by Gasteiger charge is -2.10. The molecule has 0 bridgehead atoms. The van der Waals surface area contributed by atoms with E-state index in [9.17, 15) is 27.2 Å². The highest BCUT2D eigenvalue weighted by molar-refractivity contribution is 6.61. The number of carbonyl (C=O) groups is 1. The number of rotatable bonds is 4. The average Bonchev–Trinajstić information content (AvgIpc) is 3.34. The minimum atomic E-state index is -0.931. The first-order valence-electron chi connectivity index (χ1n) is 15.0. The molecule has 1 aromatic heterocycles. The van der Waals surface area contributed by atoms with Crippen LogP contribution in [0.4, 0.5) is 17.6 Å². The second-order valence-corrected chi connectivity index (χ2v) is 12.0. The molecule has 2 aliphatic heterocycles. The average molecular weight is 708 g/mol. The third-order valence-electron chi connectivity index (χ3n) is 7.34.